The van der Waals surface area contributed by atoms with Gasteiger partial charge in [0.25, 0.3) is 5.91 Å². The van der Waals surface area contributed by atoms with Crippen molar-refractivity contribution in [3.05, 3.63) is 35.9 Å². The SMILES string of the molecule is CC(C(=O)O)n1nccc1C(=O)NCCNC(=O)Cn1ccc(C(F)(F)F)n1. The molecule has 1 unspecified atom stereocenters. The van der Waals surface area contributed by atoms with Crippen LogP contribution in [0, 0.1) is 0 Å². The Labute approximate surface area is 156 Å². The normalized spacial score (nSPS) is 12.4. The molecule has 2 rings (SSSR count). The summed E-state index contributed by atoms with van der Waals surface area (Å²) in [5.74, 6) is -2.32. The zero-order valence-corrected chi connectivity index (χ0v) is 14.6. The molecule has 0 aliphatic carbocycles. The van der Waals surface area contributed by atoms with Gasteiger partial charge in [0, 0.05) is 25.5 Å². The number of aromatic nitrogens is 4. The fourth-order valence-corrected chi connectivity index (χ4v) is 2.18. The van der Waals surface area contributed by atoms with Crippen LogP contribution in [-0.4, -0.2) is 55.5 Å². The molecule has 0 spiro atoms. The first-order valence-corrected chi connectivity index (χ1v) is 8.01. The molecule has 0 aromatic carbocycles. The van der Waals surface area contributed by atoms with E-state index in [-0.39, 0.29) is 18.8 Å². The van der Waals surface area contributed by atoms with Crippen LogP contribution in [-0.2, 0) is 22.3 Å². The van der Waals surface area contributed by atoms with Gasteiger partial charge >= 0.3 is 12.1 Å². The molecule has 152 valence electrons. The molecule has 10 nitrogen and oxygen atoms in total. The van der Waals surface area contributed by atoms with Crippen molar-refractivity contribution in [1.29, 1.82) is 0 Å². The van der Waals surface area contributed by atoms with E-state index >= 15 is 0 Å². The molecule has 0 fully saturated rings. The predicted molar refractivity (Wildman–Crippen MR) is 87.1 cm³/mol. The number of nitrogens with zero attached hydrogens (tertiary/aromatic N) is 4. The second kappa shape index (κ2) is 8.54. The first kappa shape index (κ1) is 20.9. The van der Waals surface area contributed by atoms with Crippen molar-refractivity contribution >= 4 is 17.8 Å². The molecular formula is C15H17F3N6O4. The number of alkyl halides is 3. The third-order valence-electron chi connectivity index (χ3n) is 3.60. The number of carbonyl (C=O) groups is 3. The zero-order valence-electron chi connectivity index (χ0n) is 14.6. The van der Waals surface area contributed by atoms with Crippen LogP contribution in [0.15, 0.2) is 24.5 Å². The fraction of sp³-hybridized carbons (Fsp3) is 0.400. The van der Waals surface area contributed by atoms with Crippen molar-refractivity contribution in [1.82, 2.24) is 30.2 Å². The maximum atomic E-state index is 12.4. The van der Waals surface area contributed by atoms with Crippen molar-refractivity contribution in [2.45, 2.75) is 25.7 Å². The highest BCUT2D eigenvalue weighted by Crippen LogP contribution is 2.27. The minimum atomic E-state index is -4.59. The molecule has 0 saturated heterocycles. The highest BCUT2D eigenvalue weighted by molar-refractivity contribution is 5.93. The number of carbonyl (C=O) groups excluding carboxylic acids is 2. The van der Waals surface area contributed by atoms with Crippen LogP contribution in [0.4, 0.5) is 13.2 Å². The lowest BCUT2D eigenvalue weighted by molar-refractivity contribution is -0.142. The maximum absolute atomic E-state index is 12.4. The molecule has 0 saturated carbocycles. The first-order chi connectivity index (χ1) is 13.1. The molecule has 1 atom stereocenters. The molecule has 13 heteroatoms. The lowest BCUT2D eigenvalue weighted by Gasteiger charge is -2.12. The van der Waals surface area contributed by atoms with E-state index in [4.69, 9.17) is 5.11 Å². The average Bonchev–Trinajstić information content (AvgIpc) is 3.26. The van der Waals surface area contributed by atoms with Gasteiger partial charge in [0.1, 0.15) is 18.3 Å². The number of amides is 2. The number of nitrogens with one attached hydrogen (secondary N) is 2. The van der Waals surface area contributed by atoms with E-state index in [2.05, 4.69) is 20.8 Å². The van der Waals surface area contributed by atoms with Gasteiger partial charge in [0.15, 0.2) is 5.69 Å². The Hall–Kier alpha value is -3.38. The highest BCUT2D eigenvalue weighted by Gasteiger charge is 2.33. The summed E-state index contributed by atoms with van der Waals surface area (Å²) >= 11 is 0. The second-order valence-corrected chi connectivity index (χ2v) is 5.68. The van der Waals surface area contributed by atoms with Crippen LogP contribution in [0.3, 0.4) is 0 Å². The Morgan fingerprint density at radius 2 is 1.89 bits per heavy atom. The third kappa shape index (κ3) is 5.31. The van der Waals surface area contributed by atoms with Gasteiger partial charge in [-0.1, -0.05) is 0 Å². The van der Waals surface area contributed by atoms with E-state index in [1.54, 1.807) is 0 Å². The Morgan fingerprint density at radius 3 is 2.50 bits per heavy atom. The molecule has 2 aromatic rings. The quantitative estimate of drug-likeness (QED) is 0.544. The Balaban J connectivity index is 1.78. The van der Waals surface area contributed by atoms with Crippen LogP contribution < -0.4 is 10.6 Å². The van der Waals surface area contributed by atoms with Crippen LogP contribution in [0.1, 0.15) is 29.1 Å². The summed E-state index contributed by atoms with van der Waals surface area (Å²) in [6.07, 6.45) is -2.26. The van der Waals surface area contributed by atoms with Crippen LogP contribution >= 0.6 is 0 Å². The smallest absolute Gasteiger partial charge is 0.435 e. The summed E-state index contributed by atoms with van der Waals surface area (Å²) in [5, 5.41) is 21.0. The number of hydrogen-bond donors (Lipinski definition) is 3. The fourth-order valence-electron chi connectivity index (χ4n) is 2.18. The van der Waals surface area contributed by atoms with E-state index in [0.29, 0.717) is 0 Å². The molecule has 2 heterocycles. The largest absolute Gasteiger partial charge is 0.480 e. The number of aliphatic carboxylic acids is 1. The van der Waals surface area contributed by atoms with Crippen LogP contribution in [0.2, 0.25) is 0 Å². The molecule has 3 N–H and O–H groups in total. The summed E-state index contributed by atoms with van der Waals surface area (Å²) in [7, 11) is 0. The summed E-state index contributed by atoms with van der Waals surface area (Å²) in [6.45, 7) is 0.990. The topological polar surface area (TPSA) is 131 Å². The van der Waals surface area contributed by atoms with Crippen LogP contribution in [0.25, 0.3) is 0 Å². The van der Waals surface area contributed by atoms with Crippen molar-refractivity contribution in [3.8, 4) is 0 Å². The van der Waals surface area contributed by atoms with Crippen molar-refractivity contribution in [2.24, 2.45) is 0 Å². The van der Waals surface area contributed by atoms with Gasteiger partial charge in [-0.05, 0) is 19.1 Å². The van der Waals surface area contributed by atoms with Gasteiger partial charge < -0.3 is 15.7 Å². The number of carboxylic acids is 1. The van der Waals surface area contributed by atoms with Gasteiger partial charge in [-0.25, -0.2) is 9.48 Å². The van der Waals surface area contributed by atoms with Gasteiger partial charge in [-0.2, -0.15) is 23.4 Å². The van der Waals surface area contributed by atoms with Gasteiger partial charge in [0.2, 0.25) is 5.91 Å². The van der Waals surface area contributed by atoms with Gasteiger partial charge in [0.05, 0.1) is 0 Å². The standard InChI is InChI=1S/C15H17F3N6O4/c1-9(14(27)28)24-10(2-4-21-24)13(26)20-6-5-19-12(25)8-23-7-3-11(22-23)15(16,17)18/h2-4,7,9H,5-6,8H2,1H3,(H,19,25)(H,20,26)(H,27,28). The number of rotatable bonds is 8. The Morgan fingerprint density at radius 1 is 1.21 bits per heavy atom. The lowest BCUT2D eigenvalue weighted by Crippen LogP contribution is -2.37. The summed E-state index contributed by atoms with van der Waals surface area (Å²) < 4.78 is 39.2. The minimum absolute atomic E-state index is 0.0145. The van der Waals surface area contributed by atoms with E-state index < -0.39 is 42.2 Å². The first-order valence-electron chi connectivity index (χ1n) is 8.01. The molecular weight excluding hydrogens is 385 g/mol. The number of carboxylic acid groups (broad SMARTS) is 1. The molecule has 28 heavy (non-hydrogen) atoms. The molecule has 0 aliphatic rings. The van der Waals surface area contributed by atoms with E-state index in [9.17, 15) is 27.6 Å². The van der Waals surface area contributed by atoms with Crippen molar-refractivity contribution in [3.63, 3.8) is 0 Å². The Kier molecular flexibility index (Phi) is 6.38. The molecule has 2 aromatic heterocycles. The predicted octanol–water partition coefficient (Wildman–Crippen LogP) is 0.290. The van der Waals surface area contributed by atoms with E-state index in [0.717, 1.165) is 21.6 Å². The summed E-state index contributed by atoms with van der Waals surface area (Å²) in [6, 6.07) is 1.07. The number of halogens is 3. The van der Waals surface area contributed by atoms with Gasteiger partial charge in [-0.15, -0.1) is 0 Å². The van der Waals surface area contributed by atoms with Gasteiger partial charge in [-0.3, -0.25) is 14.3 Å². The highest BCUT2D eigenvalue weighted by atomic mass is 19.4. The molecule has 0 radical (unpaired) electrons. The van der Waals surface area contributed by atoms with Crippen LogP contribution in [0.5, 0.6) is 0 Å². The molecule has 0 bridgehead atoms. The van der Waals surface area contributed by atoms with Crippen molar-refractivity contribution < 1.29 is 32.7 Å². The zero-order chi connectivity index (χ0) is 20.9. The lowest BCUT2D eigenvalue weighted by atomic mass is 10.3. The Bertz CT molecular complexity index is 860. The monoisotopic (exact) mass is 402 g/mol. The van der Waals surface area contributed by atoms with E-state index in [1.165, 1.54) is 19.2 Å². The number of hydrogen-bond acceptors (Lipinski definition) is 5. The second-order valence-electron chi connectivity index (χ2n) is 5.68. The minimum Gasteiger partial charge on any atom is -0.480 e. The molecule has 0 aliphatic heterocycles. The summed E-state index contributed by atoms with van der Waals surface area (Å²) in [4.78, 5) is 34.8. The maximum Gasteiger partial charge on any atom is 0.435 e. The van der Waals surface area contributed by atoms with E-state index in [1.807, 2.05) is 0 Å². The average molecular weight is 402 g/mol. The van der Waals surface area contributed by atoms with Crippen molar-refractivity contribution in [2.75, 3.05) is 13.1 Å². The summed E-state index contributed by atoms with van der Waals surface area (Å²) in [5.41, 5.74) is -1.06. The molecule has 2 amide bonds. The third-order valence-corrected chi connectivity index (χ3v) is 3.60.